The van der Waals surface area contributed by atoms with E-state index in [1.807, 2.05) is 31.2 Å². The van der Waals surface area contributed by atoms with Crippen LogP contribution in [-0.2, 0) is 13.0 Å². The highest BCUT2D eigenvalue weighted by Crippen LogP contribution is 2.27. The van der Waals surface area contributed by atoms with E-state index in [0.29, 0.717) is 12.3 Å². The van der Waals surface area contributed by atoms with Gasteiger partial charge in [0.25, 0.3) is 0 Å². The van der Waals surface area contributed by atoms with Gasteiger partial charge in [0.1, 0.15) is 24.1 Å². The van der Waals surface area contributed by atoms with Crippen LogP contribution in [0.5, 0.6) is 5.75 Å². The van der Waals surface area contributed by atoms with Crippen molar-refractivity contribution in [3.05, 3.63) is 57.8 Å². The molecular formula is C16H16BrN3O. The fraction of sp³-hybridized carbons (Fsp3) is 0.250. The summed E-state index contributed by atoms with van der Waals surface area (Å²) in [6.07, 6.45) is 2.42. The Hall–Kier alpha value is -1.90. The Morgan fingerprint density at radius 2 is 2.24 bits per heavy atom. The zero-order valence-electron chi connectivity index (χ0n) is 11.7. The Morgan fingerprint density at radius 3 is 2.90 bits per heavy atom. The van der Waals surface area contributed by atoms with Crippen molar-refractivity contribution in [2.75, 3.05) is 0 Å². The molecule has 2 N–H and O–H groups in total. The first-order valence-electron chi connectivity index (χ1n) is 6.61. The highest BCUT2D eigenvalue weighted by atomic mass is 79.9. The van der Waals surface area contributed by atoms with Gasteiger partial charge in [0.2, 0.25) is 0 Å². The van der Waals surface area contributed by atoms with Crippen LogP contribution in [0.15, 0.2) is 41.0 Å². The molecule has 0 saturated carbocycles. The molecule has 0 fully saturated rings. The van der Waals surface area contributed by atoms with E-state index in [1.54, 1.807) is 12.3 Å². The van der Waals surface area contributed by atoms with Crippen LogP contribution < -0.4 is 10.5 Å². The van der Waals surface area contributed by atoms with Crippen molar-refractivity contribution in [3.8, 4) is 11.8 Å². The van der Waals surface area contributed by atoms with E-state index in [1.165, 1.54) is 0 Å². The standard InChI is InChI=1S/C16H16BrN3O/c1-11(19)7-12-4-5-16(14(17)8-12)21-10-13-3-2-6-20-15(13)9-18/h2-6,8,11H,7,10,19H2,1H3. The first kappa shape index (κ1) is 15.5. The van der Waals surface area contributed by atoms with Gasteiger partial charge < -0.3 is 10.5 Å². The quantitative estimate of drug-likeness (QED) is 0.903. The van der Waals surface area contributed by atoms with E-state index in [4.69, 9.17) is 15.7 Å². The van der Waals surface area contributed by atoms with E-state index in [2.05, 4.69) is 27.0 Å². The van der Waals surface area contributed by atoms with E-state index in [-0.39, 0.29) is 6.04 Å². The number of benzene rings is 1. The zero-order valence-corrected chi connectivity index (χ0v) is 13.3. The van der Waals surface area contributed by atoms with Crippen molar-refractivity contribution in [3.63, 3.8) is 0 Å². The lowest BCUT2D eigenvalue weighted by Gasteiger charge is -2.11. The third kappa shape index (κ3) is 4.28. The number of ether oxygens (including phenoxy) is 1. The summed E-state index contributed by atoms with van der Waals surface area (Å²) < 4.78 is 6.63. The number of nitrogens with zero attached hydrogens (tertiary/aromatic N) is 2. The van der Waals surface area contributed by atoms with Gasteiger partial charge in [-0.2, -0.15) is 5.26 Å². The fourth-order valence-corrected chi connectivity index (χ4v) is 2.51. The molecule has 2 aromatic rings. The number of halogens is 1. The molecule has 1 atom stereocenters. The smallest absolute Gasteiger partial charge is 0.147 e. The molecule has 2 rings (SSSR count). The fourth-order valence-electron chi connectivity index (χ4n) is 1.97. The number of nitriles is 1. The largest absolute Gasteiger partial charge is 0.488 e. The van der Waals surface area contributed by atoms with E-state index < -0.39 is 0 Å². The van der Waals surface area contributed by atoms with Crippen molar-refractivity contribution >= 4 is 15.9 Å². The number of rotatable bonds is 5. The van der Waals surface area contributed by atoms with E-state index in [0.717, 1.165) is 27.8 Å². The van der Waals surface area contributed by atoms with Crippen LogP contribution >= 0.6 is 15.9 Å². The minimum atomic E-state index is 0.122. The van der Waals surface area contributed by atoms with Gasteiger partial charge in [-0.25, -0.2) is 4.98 Å². The average Bonchev–Trinajstić information content (AvgIpc) is 2.46. The first-order valence-corrected chi connectivity index (χ1v) is 7.40. The van der Waals surface area contributed by atoms with Crippen molar-refractivity contribution in [1.29, 1.82) is 5.26 Å². The predicted molar refractivity (Wildman–Crippen MR) is 84.8 cm³/mol. The zero-order chi connectivity index (χ0) is 15.2. The summed E-state index contributed by atoms with van der Waals surface area (Å²) in [6.45, 7) is 2.28. The molecule has 1 heterocycles. The molecule has 21 heavy (non-hydrogen) atoms. The second kappa shape index (κ2) is 7.21. The highest BCUT2D eigenvalue weighted by molar-refractivity contribution is 9.10. The Kier molecular flexibility index (Phi) is 5.32. The Balaban J connectivity index is 2.08. The van der Waals surface area contributed by atoms with Crippen LogP contribution in [0.25, 0.3) is 0 Å². The number of nitrogens with two attached hydrogens (primary N) is 1. The second-order valence-corrected chi connectivity index (χ2v) is 5.71. The van der Waals surface area contributed by atoms with Gasteiger partial charge in [0.15, 0.2) is 0 Å². The molecule has 0 bridgehead atoms. The van der Waals surface area contributed by atoms with Crippen LogP contribution in [-0.4, -0.2) is 11.0 Å². The van der Waals surface area contributed by atoms with Crippen LogP contribution in [0.1, 0.15) is 23.7 Å². The molecule has 0 aliphatic rings. The van der Waals surface area contributed by atoms with Crippen molar-refractivity contribution < 1.29 is 4.74 Å². The minimum Gasteiger partial charge on any atom is -0.488 e. The highest BCUT2D eigenvalue weighted by Gasteiger charge is 2.07. The van der Waals surface area contributed by atoms with E-state index >= 15 is 0 Å². The molecule has 4 nitrogen and oxygen atoms in total. The Bertz CT molecular complexity index is 665. The van der Waals surface area contributed by atoms with Crippen molar-refractivity contribution in [2.24, 2.45) is 5.73 Å². The average molecular weight is 346 g/mol. The second-order valence-electron chi connectivity index (χ2n) is 4.86. The molecule has 1 aromatic heterocycles. The molecule has 0 aliphatic carbocycles. The summed E-state index contributed by atoms with van der Waals surface area (Å²) in [7, 11) is 0. The SMILES string of the molecule is CC(N)Cc1ccc(OCc2cccnc2C#N)c(Br)c1. The van der Waals surface area contributed by atoms with Gasteiger partial charge in [-0.1, -0.05) is 12.1 Å². The summed E-state index contributed by atoms with van der Waals surface area (Å²) in [4.78, 5) is 4.01. The lowest BCUT2D eigenvalue weighted by atomic mass is 10.1. The molecule has 0 radical (unpaired) electrons. The summed E-state index contributed by atoms with van der Waals surface area (Å²) in [5.41, 5.74) is 8.11. The van der Waals surface area contributed by atoms with Gasteiger partial charge in [0, 0.05) is 17.8 Å². The van der Waals surface area contributed by atoms with Gasteiger partial charge in [-0.3, -0.25) is 0 Å². The number of hydrogen-bond donors (Lipinski definition) is 1. The maximum atomic E-state index is 9.00. The molecule has 108 valence electrons. The minimum absolute atomic E-state index is 0.122. The lowest BCUT2D eigenvalue weighted by molar-refractivity contribution is 0.303. The maximum absolute atomic E-state index is 9.00. The Morgan fingerprint density at radius 1 is 1.43 bits per heavy atom. The topological polar surface area (TPSA) is 71.9 Å². The summed E-state index contributed by atoms with van der Waals surface area (Å²) in [6, 6.07) is 11.7. The Labute approximate surface area is 132 Å². The predicted octanol–water partition coefficient (Wildman–Crippen LogP) is 3.18. The molecule has 0 spiro atoms. The van der Waals surface area contributed by atoms with Crippen LogP contribution in [0.4, 0.5) is 0 Å². The monoisotopic (exact) mass is 345 g/mol. The summed E-state index contributed by atoms with van der Waals surface area (Å²) in [5, 5.41) is 9.00. The first-order chi connectivity index (χ1) is 10.1. The number of pyridine rings is 1. The molecule has 0 saturated heterocycles. The normalized spacial score (nSPS) is 11.7. The van der Waals surface area contributed by atoms with Gasteiger partial charge in [-0.05, 0) is 53.0 Å². The molecule has 1 aromatic carbocycles. The van der Waals surface area contributed by atoms with Crippen molar-refractivity contribution in [2.45, 2.75) is 26.0 Å². The van der Waals surface area contributed by atoms with Crippen LogP contribution in [0, 0.1) is 11.3 Å². The summed E-state index contributed by atoms with van der Waals surface area (Å²) in [5.74, 6) is 0.733. The molecule has 0 amide bonds. The van der Waals surface area contributed by atoms with Crippen LogP contribution in [0.2, 0.25) is 0 Å². The lowest BCUT2D eigenvalue weighted by Crippen LogP contribution is -2.17. The molecule has 1 unspecified atom stereocenters. The third-order valence-electron chi connectivity index (χ3n) is 2.93. The van der Waals surface area contributed by atoms with Crippen LogP contribution in [0.3, 0.4) is 0 Å². The van der Waals surface area contributed by atoms with Crippen molar-refractivity contribution in [1.82, 2.24) is 4.98 Å². The molecular weight excluding hydrogens is 330 g/mol. The van der Waals surface area contributed by atoms with E-state index in [9.17, 15) is 0 Å². The maximum Gasteiger partial charge on any atom is 0.147 e. The molecule has 5 heteroatoms. The van der Waals surface area contributed by atoms with Gasteiger partial charge >= 0.3 is 0 Å². The van der Waals surface area contributed by atoms with Gasteiger partial charge in [-0.15, -0.1) is 0 Å². The van der Waals surface area contributed by atoms with Gasteiger partial charge in [0.05, 0.1) is 4.47 Å². The molecule has 0 aliphatic heterocycles. The number of aromatic nitrogens is 1. The number of hydrogen-bond acceptors (Lipinski definition) is 4. The third-order valence-corrected chi connectivity index (χ3v) is 3.55. The summed E-state index contributed by atoms with van der Waals surface area (Å²) >= 11 is 3.50.